The standard InChI is InChI=1S/C15H17ClN4O2/c16-12-7-11(8-17)9-18-14(12)20-5-6-22-13(10-20)15(21)19-3-1-2-4-19/h7,9,13H,1-6,10H2. The quantitative estimate of drug-likeness (QED) is 0.824. The van der Waals surface area contributed by atoms with Crippen molar-refractivity contribution in [1.82, 2.24) is 9.88 Å². The number of pyridine rings is 1. The largest absolute Gasteiger partial charge is 0.365 e. The molecule has 0 aliphatic carbocycles. The topological polar surface area (TPSA) is 69.5 Å². The zero-order valence-electron chi connectivity index (χ0n) is 12.2. The Hall–Kier alpha value is -1.84. The van der Waals surface area contributed by atoms with Gasteiger partial charge in [0.1, 0.15) is 11.9 Å². The summed E-state index contributed by atoms with van der Waals surface area (Å²) in [4.78, 5) is 20.5. The van der Waals surface area contributed by atoms with Gasteiger partial charge in [-0.05, 0) is 18.9 Å². The maximum Gasteiger partial charge on any atom is 0.253 e. The molecule has 2 fully saturated rings. The smallest absolute Gasteiger partial charge is 0.253 e. The van der Waals surface area contributed by atoms with E-state index in [1.807, 2.05) is 15.9 Å². The molecule has 2 saturated heterocycles. The second-order valence-electron chi connectivity index (χ2n) is 5.48. The van der Waals surface area contributed by atoms with E-state index in [9.17, 15) is 4.79 Å². The van der Waals surface area contributed by atoms with E-state index in [1.54, 1.807) is 6.07 Å². The number of anilines is 1. The molecule has 7 heteroatoms. The minimum atomic E-state index is -0.472. The number of likely N-dealkylation sites (tertiary alicyclic amines) is 1. The Morgan fingerprint density at radius 1 is 1.41 bits per heavy atom. The number of nitriles is 1. The highest BCUT2D eigenvalue weighted by Crippen LogP contribution is 2.26. The molecule has 3 heterocycles. The Balaban J connectivity index is 1.73. The average molecular weight is 321 g/mol. The number of rotatable bonds is 2. The number of carbonyl (C=O) groups excluding carboxylic acids is 1. The van der Waals surface area contributed by atoms with E-state index in [0.29, 0.717) is 36.1 Å². The third kappa shape index (κ3) is 3.01. The first-order chi connectivity index (χ1) is 10.7. The summed E-state index contributed by atoms with van der Waals surface area (Å²) in [6, 6.07) is 3.60. The Kier molecular flexibility index (Phi) is 4.46. The van der Waals surface area contributed by atoms with E-state index in [-0.39, 0.29) is 5.91 Å². The highest BCUT2D eigenvalue weighted by molar-refractivity contribution is 6.33. The summed E-state index contributed by atoms with van der Waals surface area (Å²) in [5, 5.41) is 9.29. The summed E-state index contributed by atoms with van der Waals surface area (Å²) in [7, 11) is 0. The zero-order valence-corrected chi connectivity index (χ0v) is 12.9. The van der Waals surface area contributed by atoms with Crippen molar-refractivity contribution < 1.29 is 9.53 Å². The molecule has 0 saturated carbocycles. The SMILES string of the molecule is N#Cc1cnc(N2CCOC(C(=O)N3CCCC3)C2)c(Cl)c1. The van der Waals surface area contributed by atoms with Crippen LogP contribution in [-0.2, 0) is 9.53 Å². The molecule has 0 bridgehead atoms. The maximum atomic E-state index is 12.4. The minimum Gasteiger partial charge on any atom is -0.365 e. The molecular formula is C15H17ClN4O2. The maximum absolute atomic E-state index is 12.4. The molecule has 0 aromatic carbocycles. The number of nitrogens with zero attached hydrogens (tertiary/aromatic N) is 4. The lowest BCUT2D eigenvalue weighted by Crippen LogP contribution is -2.50. The number of ether oxygens (including phenoxy) is 1. The number of amides is 1. The third-order valence-electron chi connectivity index (χ3n) is 4.01. The van der Waals surface area contributed by atoms with Gasteiger partial charge in [-0.3, -0.25) is 4.79 Å². The molecule has 0 N–H and O–H groups in total. The van der Waals surface area contributed by atoms with Crippen LogP contribution >= 0.6 is 11.6 Å². The van der Waals surface area contributed by atoms with Gasteiger partial charge < -0.3 is 14.5 Å². The van der Waals surface area contributed by atoms with Gasteiger partial charge in [0.05, 0.1) is 23.7 Å². The van der Waals surface area contributed by atoms with Gasteiger partial charge in [0.15, 0.2) is 6.10 Å². The second-order valence-corrected chi connectivity index (χ2v) is 5.89. The fourth-order valence-electron chi connectivity index (χ4n) is 2.86. The van der Waals surface area contributed by atoms with Crippen molar-refractivity contribution in [2.75, 3.05) is 37.7 Å². The van der Waals surface area contributed by atoms with Gasteiger partial charge in [-0.15, -0.1) is 0 Å². The van der Waals surface area contributed by atoms with E-state index in [2.05, 4.69) is 4.98 Å². The van der Waals surface area contributed by atoms with Crippen molar-refractivity contribution in [3.63, 3.8) is 0 Å². The van der Waals surface area contributed by atoms with Crippen molar-refractivity contribution in [2.24, 2.45) is 0 Å². The van der Waals surface area contributed by atoms with Crippen LogP contribution in [0.5, 0.6) is 0 Å². The normalized spacial score (nSPS) is 21.7. The van der Waals surface area contributed by atoms with E-state index in [4.69, 9.17) is 21.6 Å². The highest BCUT2D eigenvalue weighted by atomic mass is 35.5. The molecule has 22 heavy (non-hydrogen) atoms. The average Bonchev–Trinajstić information content (AvgIpc) is 3.08. The molecule has 2 aliphatic heterocycles. The van der Waals surface area contributed by atoms with E-state index >= 15 is 0 Å². The monoisotopic (exact) mass is 320 g/mol. The predicted molar refractivity (Wildman–Crippen MR) is 81.7 cm³/mol. The van der Waals surface area contributed by atoms with Crippen molar-refractivity contribution in [2.45, 2.75) is 18.9 Å². The summed E-state index contributed by atoms with van der Waals surface area (Å²) >= 11 is 6.20. The van der Waals surface area contributed by atoms with E-state index in [1.165, 1.54) is 6.20 Å². The third-order valence-corrected chi connectivity index (χ3v) is 4.29. The number of aromatic nitrogens is 1. The minimum absolute atomic E-state index is 0.0481. The fourth-order valence-corrected chi connectivity index (χ4v) is 3.14. The van der Waals surface area contributed by atoms with Crippen LogP contribution in [0.2, 0.25) is 5.02 Å². The molecule has 0 spiro atoms. The number of hydrogen-bond donors (Lipinski definition) is 0. The van der Waals surface area contributed by atoms with Crippen LogP contribution in [0.25, 0.3) is 0 Å². The fraction of sp³-hybridized carbons (Fsp3) is 0.533. The van der Waals surface area contributed by atoms with Gasteiger partial charge in [-0.2, -0.15) is 5.26 Å². The van der Waals surface area contributed by atoms with E-state index in [0.717, 1.165) is 25.9 Å². The predicted octanol–water partition coefficient (Wildman–Crippen LogP) is 1.43. The molecule has 2 aliphatic rings. The van der Waals surface area contributed by atoms with Crippen LogP contribution in [0.3, 0.4) is 0 Å². The Morgan fingerprint density at radius 3 is 2.86 bits per heavy atom. The number of carbonyl (C=O) groups is 1. The first-order valence-electron chi connectivity index (χ1n) is 7.40. The molecule has 116 valence electrons. The molecule has 3 rings (SSSR count). The molecule has 6 nitrogen and oxygen atoms in total. The number of hydrogen-bond acceptors (Lipinski definition) is 5. The summed E-state index contributed by atoms with van der Waals surface area (Å²) < 4.78 is 5.63. The highest BCUT2D eigenvalue weighted by Gasteiger charge is 2.32. The van der Waals surface area contributed by atoms with Gasteiger partial charge in [0, 0.05) is 25.8 Å². The van der Waals surface area contributed by atoms with Crippen LogP contribution in [-0.4, -0.2) is 54.7 Å². The first-order valence-corrected chi connectivity index (χ1v) is 7.78. The summed E-state index contributed by atoms with van der Waals surface area (Å²) in [6.07, 6.45) is 3.14. The van der Waals surface area contributed by atoms with Gasteiger partial charge in [-0.25, -0.2) is 4.98 Å². The zero-order chi connectivity index (χ0) is 15.5. The molecule has 0 radical (unpaired) electrons. The van der Waals surface area contributed by atoms with Crippen LogP contribution < -0.4 is 4.90 Å². The molecule has 1 amide bonds. The lowest BCUT2D eigenvalue weighted by molar-refractivity contribution is -0.143. The summed E-state index contributed by atoms with van der Waals surface area (Å²) in [5.41, 5.74) is 0.423. The molecule has 1 aromatic heterocycles. The van der Waals surface area contributed by atoms with Gasteiger partial charge in [0.25, 0.3) is 5.91 Å². The number of morpholine rings is 1. The Morgan fingerprint density at radius 2 is 2.18 bits per heavy atom. The van der Waals surface area contributed by atoms with Crippen LogP contribution in [0.15, 0.2) is 12.3 Å². The van der Waals surface area contributed by atoms with Gasteiger partial charge in [0.2, 0.25) is 0 Å². The Bertz CT molecular complexity index is 610. The van der Waals surface area contributed by atoms with Gasteiger partial charge >= 0.3 is 0 Å². The summed E-state index contributed by atoms with van der Waals surface area (Å²) in [5.74, 6) is 0.648. The number of halogens is 1. The molecule has 1 unspecified atom stereocenters. The first kappa shape index (κ1) is 15.1. The van der Waals surface area contributed by atoms with E-state index < -0.39 is 6.10 Å². The van der Waals surface area contributed by atoms with Crippen LogP contribution in [0.4, 0.5) is 5.82 Å². The lowest BCUT2D eigenvalue weighted by atomic mass is 10.2. The molecule has 1 atom stereocenters. The van der Waals surface area contributed by atoms with Crippen molar-refractivity contribution in [3.05, 3.63) is 22.8 Å². The lowest BCUT2D eigenvalue weighted by Gasteiger charge is -2.35. The molecule has 1 aromatic rings. The Labute approximate surface area is 134 Å². The van der Waals surface area contributed by atoms with Crippen molar-refractivity contribution in [3.8, 4) is 6.07 Å². The van der Waals surface area contributed by atoms with Crippen molar-refractivity contribution in [1.29, 1.82) is 5.26 Å². The van der Waals surface area contributed by atoms with Crippen LogP contribution in [0.1, 0.15) is 18.4 Å². The van der Waals surface area contributed by atoms with Crippen LogP contribution in [0, 0.1) is 11.3 Å². The second kappa shape index (κ2) is 6.51. The van der Waals surface area contributed by atoms with Gasteiger partial charge in [-0.1, -0.05) is 11.6 Å². The summed E-state index contributed by atoms with van der Waals surface area (Å²) in [6.45, 7) is 3.15. The molecular weight excluding hydrogens is 304 g/mol. The van der Waals surface area contributed by atoms with Crippen molar-refractivity contribution >= 4 is 23.3 Å².